The molecule has 3 rings (SSSR count). The summed E-state index contributed by atoms with van der Waals surface area (Å²) in [6, 6.07) is 14.0. The van der Waals surface area contributed by atoms with Crippen molar-refractivity contribution in [3.63, 3.8) is 0 Å². The summed E-state index contributed by atoms with van der Waals surface area (Å²) >= 11 is 0. The van der Waals surface area contributed by atoms with Gasteiger partial charge in [-0.05, 0) is 17.7 Å². The SMILES string of the molecule is COc1cccc2[nH]c(-c3ccccc3)c(C(=O)O)c(=O)c12. The Morgan fingerprint density at radius 1 is 1.09 bits per heavy atom. The molecule has 22 heavy (non-hydrogen) atoms. The number of benzene rings is 2. The van der Waals surface area contributed by atoms with E-state index in [1.54, 1.807) is 42.5 Å². The average Bonchev–Trinajstić information content (AvgIpc) is 2.54. The van der Waals surface area contributed by atoms with Gasteiger partial charge < -0.3 is 14.8 Å². The second kappa shape index (κ2) is 5.37. The van der Waals surface area contributed by atoms with Crippen molar-refractivity contribution in [1.29, 1.82) is 0 Å². The minimum absolute atomic E-state index is 0.238. The third-order valence-corrected chi connectivity index (χ3v) is 3.49. The minimum Gasteiger partial charge on any atom is -0.496 e. The fourth-order valence-electron chi connectivity index (χ4n) is 2.50. The van der Waals surface area contributed by atoms with Crippen molar-refractivity contribution in [2.75, 3.05) is 7.11 Å². The number of rotatable bonds is 3. The maximum absolute atomic E-state index is 12.7. The third-order valence-electron chi connectivity index (χ3n) is 3.49. The molecule has 1 aromatic heterocycles. The molecule has 0 fully saturated rings. The number of ether oxygens (including phenoxy) is 1. The highest BCUT2D eigenvalue weighted by Crippen LogP contribution is 2.26. The Labute approximate surface area is 125 Å². The highest BCUT2D eigenvalue weighted by Gasteiger charge is 2.21. The van der Waals surface area contributed by atoms with Crippen molar-refractivity contribution in [3.8, 4) is 17.0 Å². The maximum atomic E-state index is 12.7. The zero-order valence-electron chi connectivity index (χ0n) is 11.8. The van der Waals surface area contributed by atoms with Gasteiger partial charge in [0.1, 0.15) is 11.3 Å². The first-order valence-electron chi connectivity index (χ1n) is 6.65. The van der Waals surface area contributed by atoms with E-state index in [9.17, 15) is 14.7 Å². The zero-order valence-corrected chi connectivity index (χ0v) is 11.8. The summed E-state index contributed by atoms with van der Waals surface area (Å²) in [6.07, 6.45) is 0. The standard InChI is InChI=1S/C17H13NO4/c1-22-12-9-5-8-11-13(12)16(19)14(17(20)21)15(18-11)10-6-3-2-4-7-10/h2-9H,1H3,(H,18,19)(H,20,21). The van der Waals surface area contributed by atoms with Crippen LogP contribution >= 0.6 is 0 Å². The third kappa shape index (κ3) is 2.13. The number of hydrogen-bond acceptors (Lipinski definition) is 3. The number of H-pyrrole nitrogens is 1. The zero-order chi connectivity index (χ0) is 15.7. The molecular formula is C17H13NO4. The maximum Gasteiger partial charge on any atom is 0.341 e. The molecule has 2 N–H and O–H groups in total. The van der Waals surface area contributed by atoms with Gasteiger partial charge in [-0.15, -0.1) is 0 Å². The van der Waals surface area contributed by atoms with E-state index in [0.29, 0.717) is 22.5 Å². The van der Waals surface area contributed by atoms with Crippen LogP contribution in [0.1, 0.15) is 10.4 Å². The van der Waals surface area contributed by atoms with E-state index < -0.39 is 11.4 Å². The number of fused-ring (bicyclic) bond motifs is 1. The molecule has 110 valence electrons. The molecule has 5 nitrogen and oxygen atoms in total. The molecule has 0 aliphatic rings. The molecule has 0 saturated carbocycles. The van der Waals surface area contributed by atoms with Crippen LogP contribution in [0.2, 0.25) is 0 Å². The molecule has 0 saturated heterocycles. The van der Waals surface area contributed by atoms with Crippen LogP contribution in [0.15, 0.2) is 53.3 Å². The summed E-state index contributed by atoms with van der Waals surface area (Å²) in [4.78, 5) is 27.3. The predicted octanol–water partition coefficient (Wildman–Crippen LogP) is 2.90. The lowest BCUT2D eigenvalue weighted by Gasteiger charge is -2.11. The Hall–Kier alpha value is -3.08. The summed E-state index contributed by atoms with van der Waals surface area (Å²) in [5, 5.41) is 9.71. The smallest absolute Gasteiger partial charge is 0.341 e. The van der Waals surface area contributed by atoms with Crippen LogP contribution in [0.25, 0.3) is 22.2 Å². The molecule has 0 unspecified atom stereocenters. The number of pyridine rings is 1. The van der Waals surface area contributed by atoms with E-state index >= 15 is 0 Å². The van der Waals surface area contributed by atoms with Gasteiger partial charge in [0.15, 0.2) is 0 Å². The second-order valence-corrected chi connectivity index (χ2v) is 4.76. The van der Waals surface area contributed by atoms with Crippen molar-refractivity contribution >= 4 is 16.9 Å². The lowest BCUT2D eigenvalue weighted by Crippen LogP contribution is -2.18. The summed E-state index contributed by atoms with van der Waals surface area (Å²) in [7, 11) is 1.44. The van der Waals surface area contributed by atoms with Crippen LogP contribution < -0.4 is 10.2 Å². The molecule has 3 aromatic rings. The number of carboxylic acid groups (broad SMARTS) is 1. The number of nitrogens with one attached hydrogen (secondary N) is 1. The molecule has 0 amide bonds. The normalized spacial score (nSPS) is 10.6. The predicted molar refractivity (Wildman–Crippen MR) is 83.5 cm³/mol. The molecule has 0 spiro atoms. The largest absolute Gasteiger partial charge is 0.496 e. The first-order valence-corrected chi connectivity index (χ1v) is 6.65. The Morgan fingerprint density at radius 2 is 1.82 bits per heavy atom. The van der Waals surface area contributed by atoms with E-state index in [1.807, 2.05) is 6.07 Å². The summed E-state index contributed by atoms with van der Waals surface area (Å²) < 4.78 is 5.18. The molecule has 0 atom stereocenters. The van der Waals surface area contributed by atoms with Gasteiger partial charge in [0.25, 0.3) is 0 Å². The van der Waals surface area contributed by atoms with E-state index in [0.717, 1.165) is 0 Å². The minimum atomic E-state index is -1.27. The number of aromatic amines is 1. The molecular weight excluding hydrogens is 282 g/mol. The summed E-state index contributed by atoms with van der Waals surface area (Å²) in [5.41, 5.74) is 0.620. The molecule has 5 heteroatoms. The number of aromatic carboxylic acids is 1. The van der Waals surface area contributed by atoms with Crippen molar-refractivity contribution in [1.82, 2.24) is 4.98 Å². The van der Waals surface area contributed by atoms with Gasteiger partial charge in [0.2, 0.25) is 5.43 Å². The average molecular weight is 295 g/mol. The molecule has 0 aliphatic heterocycles. The van der Waals surface area contributed by atoms with Crippen molar-refractivity contribution in [2.24, 2.45) is 0 Å². The number of carbonyl (C=O) groups is 1. The van der Waals surface area contributed by atoms with Crippen LogP contribution in [-0.2, 0) is 0 Å². The van der Waals surface area contributed by atoms with Gasteiger partial charge >= 0.3 is 5.97 Å². The van der Waals surface area contributed by atoms with Crippen LogP contribution in [0.3, 0.4) is 0 Å². The number of carboxylic acids is 1. The van der Waals surface area contributed by atoms with Gasteiger partial charge in [-0.2, -0.15) is 0 Å². The summed E-state index contributed by atoms with van der Waals surface area (Å²) in [5.74, 6) is -0.922. The Bertz CT molecular complexity index is 913. The Kier molecular flexibility index (Phi) is 3.39. The van der Waals surface area contributed by atoms with Crippen molar-refractivity contribution in [2.45, 2.75) is 0 Å². The monoisotopic (exact) mass is 295 g/mol. The van der Waals surface area contributed by atoms with Crippen LogP contribution in [0.4, 0.5) is 0 Å². The number of aromatic nitrogens is 1. The molecule has 0 aliphatic carbocycles. The summed E-state index contributed by atoms with van der Waals surface area (Å²) in [6.45, 7) is 0. The van der Waals surface area contributed by atoms with Crippen LogP contribution in [0, 0.1) is 0 Å². The second-order valence-electron chi connectivity index (χ2n) is 4.76. The van der Waals surface area contributed by atoms with Gasteiger partial charge in [0.05, 0.1) is 23.7 Å². The fraction of sp³-hybridized carbons (Fsp3) is 0.0588. The van der Waals surface area contributed by atoms with E-state index in [-0.39, 0.29) is 10.9 Å². The number of methoxy groups -OCH3 is 1. The Balaban J connectivity index is 2.46. The van der Waals surface area contributed by atoms with Gasteiger partial charge in [0, 0.05) is 0 Å². The van der Waals surface area contributed by atoms with Crippen LogP contribution in [0.5, 0.6) is 5.75 Å². The van der Waals surface area contributed by atoms with E-state index in [4.69, 9.17) is 4.74 Å². The van der Waals surface area contributed by atoms with Gasteiger partial charge in [-0.1, -0.05) is 36.4 Å². The lowest BCUT2D eigenvalue weighted by molar-refractivity contribution is 0.0696. The highest BCUT2D eigenvalue weighted by atomic mass is 16.5. The van der Waals surface area contributed by atoms with Crippen molar-refractivity contribution < 1.29 is 14.6 Å². The molecule has 0 bridgehead atoms. The molecule has 1 heterocycles. The fourth-order valence-corrected chi connectivity index (χ4v) is 2.50. The number of hydrogen-bond donors (Lipinski definition) is 2. The van der Waals surface area contributed by atoms with E-state index in [2.05, 4.69) is 4.98 Å². The van der Waals surface area contributed by atoms with E-state index in [1.165, 1.54) is 7.11 Å². The van der Waals surface area contributed by atoms with Gasteiger partial charge in [-0.25, -0.2) is 4.79 Å². The molecule has 0 radical (unpaired) electrons. The first kappa shape index (κ1) is 13.9. The first-order chi connectivity index (χ1) is 10.6. The highest BCUT2D eigenvalue weighted by molar-refractivity contribution is 6.00. The van der Waals surface area contributed by atoms with Crippen molar-refractivity contribution in [3.05, 3.63) is 64.3 Å². The quantitative estimate of drug-likeness (QED) is 0.778. The lowest BCUT2D eigenvalue weighted by atomic mass is 10.0. The van der Waals surface area contributed by atoms with Crippen LogP contribution in [-0.4, -0.2) is 23.2 Å². The molecule has 2 aromatic carbocycles. The van der Waals surface area contributed by atoms with Gasteiger partial charge in [-0.3, -0.25) is 4.79 Å². The Morgan fingerprint density at radius 3 is 2.45 bits per heavy atom. The topological polar surface area (TPSA) is 79.4 Å².